The van der Waals surface area contributed by atoms with Crippen LogP contribution in [0.5, 0.6) is 5.75 Å². The average molecular weight is 465 g/mol. The highest BCUT2D eigenvalue weighted by Crippen LogP contribution is 2.43. The summed E-state index contributed by atoms with van der Waals surface area (Å²) in [5, 5.41) is 3.21. The Morgan fingerprint density at radius 2 is 1.74 bits per heavy atom. The lowest BCUT2D eigenvalue weighted by atomic mass is 9.76. The van der Waals surface area contributed by atoms with E-state index in [2.05, 4.69) is 15.0 Å². The Kier molecular flexibility index (Phi) is 5.61. The Morgan fingerprint density at radius 1 is 1.00 bits per heavy atom. The molecule has 2 N–H and O–H groups in total. The number of rotatable bonds is 5. The van der Waals surface area contributed by atoms with Crippen LogP contribution in [0, 0.1) is 0 Å². The number of Topliss-reactive ketones (excluding diaryl/α,β-unsaturated/α-hetero) is 1. The van der Waals surface area contributed by atoms with Crippen molar-refractivity contribution >= 4 is 11.6 Å². The van der Waals surface area contributed by atoms with E-state index >= 15 is 0 Å². The van der Waals surface area contributed by atoms with Gasteiger partial charge < -0.3 is 10.1 Å². The molecule has 0 saturated carbocycles. The van der Waals surface area contributed by atoms with Crippen LogP contribution in [0.25, 0.3) is 0 Å². The molecule has 0 bridgehead atoms. The number of anilines is 1. The Labute approximate surface area is 192 Å². The largest absolute Gasteiger partial charge is 0.435 e. The van der Waals surface area contributed by atoms with Crippen molar-refractivity contribution in [2.24, 2.45) is 0 Å². The number of nitrogens with zero attached hydrogens (tertiary/aromatic N) is 1. The second-order valence-corrected chi connectivity index (χ2v) is 8.27. The standard InChI is InChI=1S/C25H21F2N3O4/c26-24(27)34-16-11-9-15(10-12-16)19-20-17(7-4-8-18(20)31)28-22-21(19)23(32)29-25(33)30(22)13-14-5-2-1-3-6-14/h1-3,5-6,9-12,19,24,28H,4,7-8,13H2,(H,29,32,33)/t19-/m0/s1. The van der Waals surface area contributed by atoms with E-state index in [1.807, 2.05) is 30.3 Å². The van der Waals surface area contributed by atoms with Gasteiger partial charge in [-0.3, -0.25) is 19.1 Å². The molecule has 0 spiro atoms. The van der Waals surface area contributed by atoms with Gasteiger partial charge in [-0.25, -0.2) is 4.79 Å². The lowest BCUT2D eigenvalue weighted by Gasteiger charge is -2.34. The molecule has 1 aliphatic heterocycles. The summed E-state index contributed by atoms with van der Waals surface area (Å²) in [4.78, 5) is 41.3. The number of H-pyrrole nitrogens is 1. The molecule has 2 aliphatic rings. The van der Waals surface area contributed by atoms with E-state index < -0.39 is 23.8 Å². The van der Waals surface area contributed by atoms with E-state index in [9.17, 15) is 23.2 Å². The molecule has 1 aliphatic carbocycles. The fourth-order valence-electron chi connectivity index (χ4n) is 4.70. The summed E-state index contributed by atoms with van der Waals surface area (Å²) >= 11 is 0. The van der Waals surface area contributed by atoms with E-state index in [0.717, 1.165) is 5.56 Å². The molecule has 0 radical (unpaired) electrons. The first-order valence-electron chi connectivity index (χ1n) is 10.9. The van der Waals surface area contributed by atoms with E-state index in [-0.39, 0.29) is 23.6 Å². The number of ketones is 1. The molecule has 34 heavy (non-hydrogen) atoms. The van der Waals surface area contributed by atoms with Gasteiger partial charge in [0, 0.05) is 23.6 Å². The molecule has 5 rings (SSSR count). The smallest absolute Gasteiger partial charge is 0.387 e. The third-order valence-corrected chi connectivity index (χ3v) is 6.16. The first-order chi connectivity index (χ1) is 16.4. The van der Waals surface area contributed by atoms with E-state index in [1.54, 1.807) is 12.1 Å². The number of hydrogen-bond donors (Lipinski definition) is 2. The summed E-state index contributed by atoms with van der Waals surface area (Å²) in [6.45, 7) is -2.74. The predicted molar refractivity (Wildman–Crippen MR) is 121 cm³/mol. The van der Waals surface area contributed by atoms with Gasteiger partial charge in [-0.15, -0.1) is 0 Å². The monoisotopic (exact) mass is 465 g/mol. The van der Waals surface area contributed by atoms with Gasteiger partial charge in [-0.1, -0.05) is 42.5 Å². The van der Waals surface area contributed by atoms with Crippen molar-refractivity contribution < 1.29 is 18.3 Å². The van der Waals surface area contributed by atoms with Crippen molar-refractivity contribution in [2.75, 3.05) is 5.32 Å². The van der Waals surface area contributed by atoms with Crippen LogP contribution in [0.15, 0.2) is 75.5 Å². The SMILES string of the molecule is O=C1CCCC2=C1[C@H](c1ccc(OC(F)F)cc1)c1c(n(Cc3ccccc3)c(=O)[nH]c1=O)N2. The second kappa shape index (κ2) is 8.74. The zero-order valence-corrected chi connectivity index (χ0v) is 18.0. The third-order valence-electron chi connectivity index (χ3n) is 6.16. The maximum Gasteiger partial charge on any atom is 0.387 e. The van der Waals surface area contributed by atoms with E-state index in [4.69, 9.17) is 0 Å². The fourth-order valence-corrected chi connectivity index (χ4v) is 4.70. The number of aromatic nitrogens is 2. The number of ether oxygens (including phenoxy) is 1. The summed E-state index contributed by atoms with van der Waals surface area (Å²) in [5.41, 5.74) is 1.66. The normalized spacial score (nSPS) is 17.3. The van der Waals surface area contributed by atoms with Crippen molar-refractivity contribution in [1.29, 1.82) is 0 Å². The topological polar surface area (TPSA) is 93.2 Å². The number of benzene rings is 2. The van der Waals surface area contributed by atoms with Crippen molar-refractivity contribution in [3.8, 4) is 5.75 Å². The van der Waals surface area contributed by atoms with Crippen LogP contribution in [0.2, 0.25) is 0 Å². The number of halogens is 2. The summed E-state index contributed by atoms with van der Waals surface area (Å²) < 4.78 is 31.1. The van der Waals surface area contributed by atoms with Crippen LogP contribution in [-0.2, 0) is 11.3 Å². The van der Waals surface area contributed by atoms with Crippen LogP contribution < -0.4 is 21.3 Å². The number of nitrogens with one attached hydrogen (secondary N) is 2. The Bertz CT molecular complexity index is 1390. The van der Waals surface area contributed by atoms with Gasteiger partial charge in [-0.2, -0.15) is 8.78 Å². The first-order valence-corrected chi connectivity index (χ1v) is 10.9. The van der Waals surface area contributed by atoms with Gasteiger partial charge in [0.1, 0.15) is 11.6 Å². The molecular weight excluding hydrogens is 444 g/mol. The Hall–Kier alpha value is -4.01. The van der Waals surface area contributed by atoms with Crippen molar-refractivity contribution in [3.05, 3.63) is 103 Å². The minimum absolute atomic E-state index is 0.0277. The minimum Gasteiger partial charge on any atom is -0.435 e. The molecule has 2 aromatic carbocycles. The average Bonchev–Trinajstić information content (AvgIpc) is 2.81. The van der Waals surface area contributed by atoms with Gasteiger partial charge >= 0.3 is 12.3 Å². The van der Waals surface area contributed by atoms with Crippen molar-refractivity contribution in [3.63, 3.8) is 0 Å². The quantitative estimate of drug-likeness (QED) is 0.599. The van der Waals surface area contributed by atoms with E-state index in [0.29, 0.717) is 41.9 Å². The second-order valence-electron chi connectivity index (χ2n) is 8.27. The van der Waals surface area contributed by atoms with Gasteiger partial charge in [0.05, 0.1) is 12.1 Å². The van der Waals surface area contributed by atoms with Crippen LogP contribution in [0.1, 0.15) is 41.9 Å². The molecular formula is C25H21F2N3O4. The highest BCUT2D eigenvalue weighted by atomic mass is 19.3. The summed E-state index contributed by atoms with van der Waals surface area (Å²) in [7, 11) is 0. The zero-order valence-electron chi connectivity index (χ0n) is 18.0. The Balaban J connectivity index is 1.69. The number of fused-ring (bicyclic) bond motifs is 1. The lowest BCUT2D eigenvalue weighted by Crippen LogP contribution is -2.40. The van der Waals surface area contributed by atoms with Gasteiger partial charge in [0.2, 0.25) is 0 Å². The van der Waals surface area contributed by atoms with Gasteiger partial charge in [-0.05, 0) is 36.1 Å². The molecule has 0 unspecified atom stereocenters. The number of carbonyl (C=O) groups is 1. The van der Waals surface area contributed by atoms with Crippen LogP contribution in [-0.4, -0.2) is 21.9 Å². The maximum absolute atomic E-state index is 13.1. The minimum atomic E-state index is -2.96. The predicted octanol–water partition coefficient (Wildman–Crippen LogP) is 3.75. The molecule has 0 saturated heterocycles. The number of alkyl halides is 2. The molecule has 1 aromatic heterocycles. The highest BCUT2D eigenvalue weighted by molar-refractivity contribution is 6.00. The fraction of sp³-hybridized carbons (Fsp3) is 0.240. The molecule has 3 aromatic rings. The lowest BCUT2D eigenvalue weighted by molar-refractivity contribution is -0.116. The molecule has 7 nitrogen and oxygen atoms in total. The zero-order chi connectivity index (χ0) is 23.8. The highest BCUT2D eigenvalue weighted by Gasteiger charge is 2.38. The molecule has 0 amide bonds. The number of aromatic amines is 1. The Morgan fingerprint density at radius 3 is 2.44 bits per heavy atom. The number of allylic oxidation sites excluding steroid dienone is 2. The van der Waals surface area contributed by atoms with Crippen LogP contribution in [0.4, 0.5) is 14.6 Å². The molecule has 9 heteroatoms. The molecule has 0 fully saturated rings. The molecule has 2 heterocycles. The number of carbonyl (C=O) groups excluding carboxylic acids is 1. The molecule has 174 valence electrons. The maximum atomic E-state index is 13.1. The summed E-state index contributed by atoms with van der Waals surface area (Å²) in [6.07, 6.45) is 1.59. The van der Waals surface area contributed by atoms with E-state index in [1.165, 1.54) is 16.7 Å². The first kappa shape index (κ1) is 21.8. The van der Waals surface area contributed by atoms with Crippen molar-refractivity contribution in [1.82, 2.24) is 9.55 Å². The molecule has 1 atom stereocenters. The van der Waals surface area contributed by atoms with Crippen molar-refractivity contribution in [2.45, 2.75) is 38.3 Å². The number of hydrogen-bond acceptors (Lipinski definition) is 5. The summed E-state index contributed by atoms with van der Waals surface area (Å²) in [6, 6.07) is 15.2. The third kappa shape index (κ3) is 3.93. The summed E-state index contributed by atoms with van der Waals surface area (Å²) in [5.74, 6) is -0.521. The van der Waals surface area contributed by atoms with Gasteiger partial charge in [0.25, 0.3) is 5.56 Å². The van der Waals surface area contributed by atoms with Crippen LogP contribution >= 0.6 is 0 Å². The van der Waals surface area contributed by atoms with Crippen LogP contribution in [0.3, 0.4) is 0 Å². The van der Waals surface area contributed by atoms with Gasteiger partial charge in [0.15, 0.2) is 5.78 Å².